The Morgan fingerprint density at radius 2 is 2.36 bits per heavy atom. The van der Waals surface area contributed by atoms with Gasteiger partial charge in [0.05, 0.1) is 0 Å². The van der Waals surface area contributed by atoms with E-state index >= 15 is 0 Å². The lowest BCUT2D eigenvalue weighted by atomic mass is 10.3. The Morgan fingerprint density at radius 1 is 1.43 bits per heavy atom. The Labute approximate surface area is 95.6 Å². The van der Waals surface area contributed by atoms with Crippen LogP contribution in [0.5, 0.6) is 0 Å². The highest BCUT2D eigenvalue weighted by molar-refractivity contribution is 7.14. The predicted octanol–water partition coefficient (Wildman–Crippen LogP) is 3.51. The summed E-state index contributed by atoms with van der Waals surface area (Å²) < 4.78 is 0.587. The fourth-order valence-corrected chi connectivity index (χ4v) is 2.53. The molecule has 0 saturated heterocycles. The Kier molecular flexibility index (Phi) is 3.39. The van der Waals surface area contributed by atoms with E-state index in [0.717, 1.165) is 18.8 Å². The first-order valence-electron chi connectivity index (χ1n) is 4.22. The summed E-state index contributed by atoms with van der Waals surface area (Å²) in [5, 5.41) is 7.24. The number of nitrogens with zero attached hydrogens (tertiary/aromatic N) is 1. The molecular weight excluding hydrogens is 236 g/mol. The number of thiazole rings is 1. The highest BCUT2D eigenvalue weighted by Gasteiger charge is 1.98. The molecule has 5 heteroatoms. The lowest BCUT2D eigenvalue weighted by Crippen LogP contribution is -2.03. The zero-order chi connectivity index (χ0) is 9.80. The van der Waals surface area contributed by atoms with E-state index in [9.17, 15) is 0 Å². The molecule has 0 aromatic carbocycles. The van der Waals surface area contributed by atoms with E-state index in [4.69, 9.17) is 11.6 Å². The van der Waals surface area contributed by atoms with E-state index in [-0.39, 0.29) is 0 Å². The zero-order valence-electron chi connectivity index (χ0n) is 7.37. The first-order valence-corrected chi connectivity index (χ1v) is 6.35. The van der Waals surface area contributed by atoms with E-state index in [1.165, 1.54) is 16.2 Å². The molecule has 0 amide bonds. The molecule has 0 spiro atoms. The molecule has 0 aliphatic rings. The van der Waals surface area contributed by atoms with Gasteiger partial charge in [0.25, 0.3) is 0 Å². The van der Waals surface area contributed by atoms with Crippen LogP contribution in [0.1, 0.15) is 4.88 Å². The molecule has 0 aliphatic heterocycles. The van der Waals surface area contributed by atoms with Gasteiger partial charge in [0, 0.05) is 16.8 Å². The molecule has 0 aliphatic carbocycles. The topological polar surface area (TPSA) is 24.9 Å². The van der Waals surface area contributed by atoms with Crippen molar-refractivity contribution >= 4 is 40.1 Å². The van der Waals surface area contributed by atoms with Crippen LogP contribution in [-0.2, 0) is 6.42 Å². The summed E-state index contributed by atoms with van der Waals surface area (Å²) in [5.41, 5.74) is 0. The Balaban J connectivity index is 1.78. The maximum atomic E-state index is 5.71. The highest BCUT2D eigenvalue weighted by atomic mass is 35.5. The summed E-state index contributed by atoms with van der Waals surface area (Å²) in [7, 11) is 0. The van der Waals surface area contributed by atoms with Crippen LogP contribution < -0.4 is 5.32 Å². The van der Waals surface area contributed by atoms with Gasteiger partial charge in [-0.05, 0) is 17.9 Å². The van der Waals surface area contributed by atoms with Gasteiger partial charge >= 0.3 is 0 Å². The van der Waals surface area contributed by atoms with Gasteiger partial charge in [-0.15, -0.1) is 22.7 Å². The van der Waals surface area contributed by atoms with Gasteiger partial charge in [0.1, 0.15) is 5.82 Å². The average molecular weight is 245 g/mol. The molecule has 2 heterocycles. The number of hydrogen-bond acceptors (Lipinski definition) is 4. The SMILES string of the molecule is Clc1nc(NCCc2cccs2)cs1. The third-order valence-corrected chi connectivity index (χ3v) is 3.65. The lowest BCUT2D eigenvalue weighted by molar-refractivity contribution is 1.03. The second-order valence-electron chi connectivity index (χ2n) is 2.74. The van der Waals surface area contributed by atoms with Gasteiger partial charge in [-0.3, -0.25) is 0 Å². The predicted molar refractivity (Wildman–Crippen MR) is 63.6 cm³/mol. The molecule has 0 unspecified atom stereocenters. The molecular formula is C9H9ClN2S2. The molecule has 2 rings (SSSR count). The molecule has 2 aromatic heterocycles. The number of rotatable bonds is 4. The van der Waals surface area contributed by atoms with Crippen LogP contribution in [0, 0.1) is 0 Å². The maximum Gasteiger partial charge on any atom is 0.185 e. The van der Waals surface area contributed by atoms with Gasteiger partial charge in [-0.1, -0.05) is 17.7 Å². The van der Waals surface area contributed by atoms with Crippen molar-refractivity contribution in [2.75, 3.05) is 11.9 Å². The quantitative estimate of drug-likeness (QED) is 0.890. The van der Waals surface area contributed by atoms with Crippen LogP contribution >= 0.6 is 34.3 Å². The van der Waals surface area contributed by atoms with Crippen molar-refractivity contribution in [3.8, 4) is 0 Å². The molecule has 74 valence electrons. The van der Waals surface area contributed by atoms with Crippen LogP contribution in [0.4, 0.5) is 5.82 Å². The highest BCUT2D eigenvalue weighted by Crippen LogP contribution is 2.18. The number of nitrogens with one attached hydrogen (secondary N) is 1. The third-order valence-electron chi connectivity index (χ3n) is 1.73. The smallest absolute Gasteiger partial charge is 0.185 e. The summed E-state index contributed by atoms with van der Waals surface area (Å²) >= 11 is 8.93. The largest absolute Gasteiger partial charge is 0.369 e. The van der Waals surface area contributed by atoms with E-state index in [2.05, 4.69) is 27.8 Å². The molecule has 2 nitrogen and oxygen atoms in total. The van der Waals surface area contributed by atoms with Gasteiger partial charge in [-0.2, -0.15) is 0 Å². The first kappa shape index (κ1) is 9.96. The third kappa shape index (κ3) is 2.70. The van der Waals surface area contributed by atoms with Crippen LogP contribution in [-0.4, -0.2) is 11.5 Å². The maximum absolute atomic E-state index is 5.71. The summed E-state index contributed by atoms with van der Waals surface area (Å²) in [6, 6.07) is 4.21. The molecule has 2 aromatic rings. The minimum Gasteiger partial charge on any atom is -0.369 e. The molecule has 0 fully saturated rings. The summed E-state index contributed by atoms with van der Waals surface area (Å²) in [6.07, 6.45) is 1.03. The van der Waals surface area contributed by atoms with Crippen LogP contribution in [0.15, 0.2) is 22.9 Å². The molecule has 0 radical (unpaired) electrons. The van der Waals surface area contributed by atoms with Gasteiger partial charge < -0.3 is 5.32 Å². The minimum absolute atomic E-state index is 0.587. The molecule has 0 atom stereocenters. The Morgan fingerprint density at radius 3 is 3.00 bits per heavy atom. The van der Waals surface area contributed by atoms with Crippen molar-refractivity contribution in [1.82, 2.24) is 4.98 Å². The number of anilines is 1. The average Bonchev–Trinajstić information content (AvgIpc) is 2.77. The number of halogens is 1. The first-order chi connectivity index (χ1) is 6.84. The Hall–Kier alpha value is -0.580. The van der Waals surface area contributed by atoms with E-state index in [1.807, 2.05) is 5.38 Å². The monoisotopic (exact) mass is 244 g/mol. The number of aromatic nitrogens is 1. The zero-order valence-corrected chi connectivity index (χ0v) is 9.75. The van der Waals surface area contributed by atoms with E-state index in [0.29, 0.717) is 4.47 Å². The van der Waals surface area contributed by atoms with Crippen LogP contribution in [0.2, 0.25) is 4.47 Å². The van der Waals surface area contributed by atoms with E-state index in [1.54, 1.807) is 11.3 Å². The van der Waals surface area contributed by atoms with Gasteiger partial charge in [0.2, 0.25) is 0 Å². The van der Waals surface area contributed by atoms with Crippen molar-refractivity contribution in [2.24, 2.45) is 0 Å². The number of hydrogen-bond donors (Lipinski definition) is 1. The summed E-state index contributed by atoms with van der Waals surface area (Å²) in [5.74, 6) is 0.872. The van der Waals surface area contributed by atoms with Crippen molar-refractivity contribution in [3.63, 3.8) is 0 Å². The second-order valence-corrected chi connectivity index (χ2v) is 5.21. The summed E-state index contributed by atoms with van der Waals surface area (Å²) in [4.78, 5) is 5.49. The van der Waals surface area contributed by atoms with E-state index < -0.39 is 0 Å². The van der Waals surface area contributed by atoms with Crippen molar-refractivity contribution < 1.29 is 0 Å². The molecule has 0 bridgehead atoms. The van der Waals surface area contributed by atoms with Crippen LogP contribution in [0.3, 0.4) is 0 Å². The molecule has 1 N–H and O–H groups in total. The normalized spacial score (nSPS) is 10.4. The van der Waals surface area contributed by atoms with Crippen molar-refractivity contribution in [2.45, 2.75) is 6.42 Å². The fraction of sp³-hybridized carbons (Fsp3) is 0.222. The Bertz CT molecular complexity index is 383. The minimum atomic E-state index is 0.587. The number of thiophene rings is 1. The van der Waals surface area contributed by atoms with Crippen molar-refractivity contribution in [1.29, 1.82) is 0 Å². The van der Waals surface area contributed by atoms with Crippen molar-refractivity contribution in [3.05, 3.63) is 32.2 Å². The lowest BCUT2D eigenvalue weighted by Gasteiger charge is -1.99. The van der Waals surface area contributed by atoms with Gasteiger partial charge in [-0.25, -0.2) is 4.98 Å². The summed E-state index contributed by atoms with van der Waals surface area (Å²) in [6.45, 7) is 0.903. The second kappa shape index (κ2) is 4.77. The molecule has 14 heavy (non-hydrogen) atoms. The fourth-order valence-electron chi connectivity index (χ4n) is 1.10. The van der Waals surface area contributed by atoms with Gasteiger partial charge in [0.15, 0.2) is 4.47 Å². The van der Waals surface area contributed by atoms with Crippen LogP contribution in [0.25, 0.3) is 0 Å². The molecule has 0 saturated carbocycles. The standard InChI is InChI=1S/C9H9ClN2S2/c10-9-12-8(6-14-9)11-4-3-7-2-1-5-13-7/h1-2,5-6,11H,3-4H2.